The van der Waals surface area contributed by atoms with Crippen molar-refractivity contribution in [2.45, 2.75) is 20.8 Å². The lowest BCUT2D eigenvalue weighted by Gasteiger charge is -2.14. The van der Waals surface area contributed by atoms with Crippen LogP contribution in [0.5, 0.6) is 5.75 Å². The highest BCUT2D eigenvalue weighted by Crippen LogP contribution is 2.35. The fourth-order valence-electron chi connectivity index (χ4n) is 3.39. The molecule has 1 N–H and O–H groups in total. The molecular formula is C21H23NO4. The van der Waals surface area contributed by atoms with Crippen LogP contribution in [0.2, 0.25) is 0 Å². The molecule has 0 unspecified atom stereocenters. The average Bonchev–Trinajstić information content (AvgIpc) is 2.94. The van der Waals surface area contributed by atoms with E-state index < -0.39 is 5.97 Å². The first-order valence-corrected chi connectivity index (χ1v) is 8.51. The summed E-state index contributed by atoms with van der Waals surface area (Å²) in [6.07, 6.45) is 2.08. The van der Waals surface area contributed by atoms with E-state index >= 15 is 0 Å². The number of fused-ring (bicyclic) bond motifs is 1. The van der Waals surface area contributed by atoms with Crippen molar-refractivity contribution in [3.63, 3.8) is 0 Å². The molecule has 3 aromatic rings. The maximum atomic E-state index is 11.1. The Morgan fingerprint density at radius 3 is 2.38 bits per heavy atom. The Morgan fingerprint density at radius 1 is 1.08 bits per heavy atom. The van der Waals surface area contributed by atoms with Crippen molar-refractivity contribution in [2.75, 3.05) is 20.3 Å². The molecule has 136 valence electrons. The Balaban J connectivity index is 2.10. The predicted molar refractivity (Wildman–Crippen MR) is 102 cm³/mol. The highest BCUT2D eigenvalue weighted by atomic mass is 16.5. The van der Waals surface area contributed by atoms with Gasteiger partial charge in [-0.05, 0) is 62.2 Å². The Morgan fingerprint density at radius 2 is 1.77 bits per heavy atom. The van der Waals surface area contributed by atoms with Crippen LogP contribution in [0, 0.1) is 20.8 Å². The van der Waals surface area contributed by atoms with Gasteiger partial charge in [-0.3, -0.25) is 0 Å². The van der Waals surface area contributed by atoms with Crippen molar-refractivity contribution in [3.05, 3.63) is 58.8 Å². The minimum atomic E-state index is -0.922. The summed E-state index contributed by atoms with van der Waals surface area (Å²) in [5, 5.41) is 10.2. The summed E-state index contributed by atoms with van der Waals surface area (Å²) in [5.41, 5.74) is 5.61. The van der Waals surface area contributed by atoms with E-state index in [1.165, 1.54) is 0 Å². The molecule has 0 amide bonds. The normalized spacial score (nSPS) is 11.1. The second-order valence-electron chi connectivity index (χ2n) is 6.42. The summed E-state index contributed by atoms with van der Waals surface area (Å²) >= 11 is 0. The van der Waals surface area contributed by atoms with Gasteiger partial charge in [0.15, 0.2) is 0 Å². The zero-order chi connectivity index (χ0) is 18.8. The van der Waals surface area contributed by atoms with Gasteiger partial charge in [0.25, 0.3) is 0 Å². The molecule has 0 fully saturated rings. The number of aromatic carboxylic acids is 1. The standard InChI is InChI=1S/C21H23NO4/c1-13-11-18-19(15(3)20(13)26-10-9-25-4)14(2)12-22(18)17-7-5-16(6-8-17)21(23)24/h5-8,11-12H,9-10H2,1-4H3,(H,23,24). The molecule has 0 radical (unpaired) electrons. The second kappa shape index (κ2) is 7.22. The summed E-state index contributed by atoms with van der Waals surface area (Å²) in [7, 11) is 1.66. The second-order valence-corrected chi connectivity index (χ2v) is 6.42. The molecule has 0 atom stereocenters. The molecule has 0 aliphatic carbocycles. The molecule has 3 rings (SSSR count). The molecule has 0 saturated heterocycles. The van der Waals surface area contributed by atoms with E-state index in [2.05, 4.69) is 30.7 Å². The number of methoxy groups -OCH3 is 1. The monoisotopic (exact) mass is 353 g/mol. The Bertz CT molecular complexity index is 955. The SMILES string of the molecule is COCCOc1c(C)cc2c(c(C)cn2-c2ccc(C(=O)O)cc2)c1C. The number of hydrogen-bond acceptors (Lipinski definition) is 3. The van der Waals surface area contributed by atoms with Gasteiger partial charge in [0.1, 0.15) is 12.4 Å². The van der Waals surface area contributed by atoms with Crippen LogP contribution in [-0.2, 0) is 4.74 Å². The zero-order valence-corrected chi connectivity index (χ0v) is 15.5. The first kappa shape index (κ1) is 18.0. The maximum absolute atomic E-state index is 11.1. The van der Waals surface area contributed by atoms with Crippen molar-refractivity contribution in [3.8, 4) is 11.4 Å². The third-order valence-electron chi connectivity index (χ3n) is 4.59. The summed E-state index contributed by atoms with van der Waals surface area (Å²) in [5.74, 6) is -0.0220. The lowest BCUT2D eigenvalue weighted by molar-refractivity contribution is 0.0697. The number of aryl methyl sites for hydroxylation is 3. The number of ether oxygens (including phenoxy) is 2. The number of carboxylic acids is 1. The van der Waals surface area contributed by atoms with Crippen molar-refractivity contribution in [1.82, 2.24) is 4.57 Å². The molecule has 1 heterocycles. The zero-order valence-electron chi connectivity index (χ0n) is 15.5. The molecule has 0 saturated carbocycles. The quantitative estimate of drug-likeness (QED) is 0.672. The van der Waals surface area contributed by atoms with Crippen LogP contribution in [0.4, 0.5) is 0 Å². The predicted octanol–water partition coefficient (Wildman–Crippen LogP) is 4.28. The van der Waals surface area contributed by atoms with Crippen molar-refractivity contribution in [1.29, 1.82) is 0 Å². The molecule has 26 heavy (non-hydrogen) atoms. The molecule has 0 aliphatic heterocycles. The third kappa shape index (κ3) is 3.18. The first-order chi connectivity index (χ1) is 12.4. The van der Waals surface area contributed by atoms with Crippen LogP contribution < -0.4 is 4.74 Å². The van der Waals surface area contributed by atoms with Crippen molar-refractivity contribution < 1.29 is 19.4 Å². The van der Waals surface area contributed by atoms with Crippen LogP contribution in [0.1, 0.15) is 27.0 Å². The lowest BCUT2D eigenvalue weighted by atomic mass is 10.0. The van der Waals surface area contributed by atoms with E-state index in [0.29, 0.717) is 13.2 Å². The molecule has 2 aromatic carbocycles. The number of hydrogen-bond donors (Lipinski definition) is 1. The fourth-order valence-corrected chi connectivity index (χ4v) is 3.39. The highest BCUT2D eigenvalue weighted by molar-refractivity contribution is 5.92. The molecule has 0 spiro atoms. The smallest absolute Gasteiger partial charge is 0.335 e. The Labute approximate surface area is 152 Å². The number of aromatic nitrogens is 1. The first-order valence-electron chi connectivity index (χ1n) is 8.51. The van der Waals surface area contributed by atoms with Gasteiger partial charge >= 0.3 is 5.97 Å². The summed E-state index contributed by atoms with van der Waals surface area (Å²) in [6, 6.07) is 9.02. The van der Waals surface area contributed by atoms with Crippen molar-refractivity contribution >= 4 is 16.9 Å². The Hall–Kier alpha value is -2.79. The van der Waals surface area contributed by atoms with Gasteiger partial charge in [-0.15, -0.1) is 0 Å². The maximum Gasteiger partial charge on any atom is 0.335 e. The van der Waals surface area contributed by atoms with Gasteiger partial charge < -0.3 is 19.1 Å². The summed E-state index contributed by atoms with van der Waals surface area (Å²) in [6.45, 7) is 7.25. The van der Waals surface area contributed by atoms with E-state index in [0.717, 1.165) is 39.0 Å². The minimum Gasteiger partial charge on any atom is -0.491 e. The molecule has 0 bridgehead atoms. The number of carboxylic acid groups (broad SMARTS) is 1. The van der Waals surface area contributed by atoms with E-state index in [4.69, 9.17) is 14.6 Å². The van der Waals surface area contributed by atoms with Crippen molar-refractivity contribution in [2.24, 2.45) is 0 Å². The van der Waals surface area contributed by atoms with Gasteiger partial charge in [0.05, 0.1) is 17.7 Å². The topological polar surface area (TPSA) is 60.7 Å². The van der Waals surface area contributed by atoms with Gasteiger partial charge in [-0.25, -0.2) is 4.79 Å². The average molecular weight is 353 g/mol. The van der Waals surface area contributed by atoms with Gasteiger partial charge in [0, 0.05) is 29.9 Å². The van der Waals surface area contributed by atoms with Crippen LogP contribution >= 0.6 is 0 Å². The van der Waals surface area contributed by atoms with Crippen LogP contribution in [0.25, 0.3) is 16.6 Å². The number of benzene rings is 2. The molecule has 5 nitrogen and oxygen atoms in total. The summed E-state index contributed by atoms with van der Waals surface area (Å²) < 4.78 is 13.1. The van der Waals surface area contributed by atoms with Crippen LogP contribution in [-0.4, -0.2) is 36.0 Å². The van der Waals surface area contributed by atoms with E-state index in [1.807, 2.05) is 19.1 Å². The molecular weight excluding hydrogens is 330 g/mol. The highest BCUT2D eigenvalue weighted by Gasteiger charge is 2.16. The minimum absolute atomic E-state index is 0.281. The van der Waals surface area contributed by atoms with Crippen LogP contribution in [0.3, 0.4) is 0 Å². The number of rotatable bonds is 6. The molecule has 1 aromatic heterocycles. The Kier molecular flexibility index (Phi) is 5.00. The molecule has 5 heteroatoms. The van der Waals surface area contributed by atoms with E-state index in [-0.39, 0.29) is 5.56 Å². The molecule has 0 aliphatic rings. The fraction of sp³-hybridized carbons (Fsp3) is 0.286. The lowest BCUT2D eigenvalue weighted by Crippen LogP contribution is -2.06. The van der Waals surface area contributed by atoms with Gasteiger partial charge in [-0.2, -0.15) is 0 Å². The number of carbonyl (C=O) groups is 1. The van der Waals surface area contributed by atoms with E-state index in [9.17, 15) is 4.79 Å². The van der Waals surface area contributed by atoms with E-state index in [1.54, 1.807) is 19.2 Å². The summed E-state index contributed by atoms with van der Waals surface area (Å²) in [4.78, 5) is 11.1. The number of nitrogens with zero attached hydrogens (tertiary/aromatic N) is 1. The van der Waals surface area contributed by atoms with Crippen LogP contribution in [0.15, 0.2) is 36.5 Å². The van der Waals surface area contributed by atoms with Gasteiger partial charge in [-0.1, -0.05) is 0 Å². The third-order valence-corrected chi connectivity index (χ3v) is 4.59. The largest absolute Gasteiger partial charge is 0.491 e. The van der Waals surface area contributed by atoms with Gasteiger partial charge in [0.2, 0.25) is 0 Å².